The third-order valence-corrected chi connectivity index (χ3v) is 7.25. The summed E-state index contributed by atoms with van der Waals surface area (Å²) in [7, 11) is 0. The summed E-state index contributed by atoms with van der Waals surface area (Å²) in [5, 5.41) is 17.9. The van der Waals surface area contributed by atoms with E-state index in [0.29, 0.717) is 23.3 Å². The summed E-state index contributed by atoms with van der Waals surface area (Å²) in [6.45, 7) is 5.67. The van der Waals surface area contributed by atoms with Gasteiger partial charge < -0.3 is 10.0 Å². The largest absolute Gasteiger partial charge is 0.481 e. The van der Waals surface area contributed by atoms with Crippen LogP contribution in [-0.4, -0.2) is 49.1 Å². The van der Waals surface area contributed by atoms with Gasteiger partial charge in [0.1, 0.15) is 0 Å². The summed E-state index contributed by atoms with van der Waals surface area (Å²) in [6, 6.07) is 8.16. The summed E-state index contributed by atoms with van der Waals surface area (Å²) >= 11 is 3.47. The Balaban J connectivity index is 1.31. The molecule has 0 bridgehead atoms. The van der Waals surface area contributed by atoms with Crippen molar-refractivity contribution in [2.45, 2.75) is 32.7 Å². The van der Waals surface area contributed by atoms with Crippen LogP contribution in [0.3, 0.4) is 0 Å². The summed E-state index contributed by atoms with van der Waals surface area (Å²) in [4.78, 5) is 22.7. The molecule has 1 aliphatic carbocycles. The van der Waals surface area contributed by atoms with Crippen LogP contribution in [0, 0.1) is 17.3 Å². The van der Waals surface area contributed by atoms with Crippen LogP contribution >= 0.6 is 15.9 Å². The lowest BCUT2D eigenvalue weighted by atomic mass is 9.58. The van der Waals surface area contributed by atoms with E-state index in [9.17, 15) is 9.90 Å². The molecule has 9 heteroatoms. The second kappa shape index (κ2) is 7.01. The summed E-state index contributed by atoms with van der Waals surface area (Å²) < 4.78 is 2.87. The van der Waals surface area contributed by atoms with Gasteiger partial charge in [0.15, 0.2) is 11.2 Å². The van der Waals surface area contributed by atoms with Gasteiger partial charge in [0, 0.05) is 17.6 Å². The van der Waals surface area contributed by atoms with Crippen molar-refractivity contribution < 1.29 is 9.90 Å². The number of anilines is 1. The molecular formula is C21H23BrN6O2. The fourth-order valence-electron chi connectivity index (χ4n) is 4.61. The molecule has 30 heavy (non-hydrogen) atoms. The summed E-state index contributed by atoms with van der Waals surface area (Å²) in [5.74, 6) is 1.01. The van der Waals surface area contributed by atoms with Crippen LogP contribution < -0.4 is 4.90 Å². The molecule has 3 aromatic rings. The van der Waals surface area contributed by atoms with Gasteiger partial charge in [-0.25, -0.2) is 9.67 Å². The second-order valence-electron chi connectivity index (χ2n) is 8.84. The highest BCUT2D eigenvalue weighted by molar-refractivity contribution is 9.10. The van der Waals surface area contributed by atoms with Crippen LogP contribution in [0.25, 0.3) is 11.2 Å². The Kier molecular flexibility index (Phi) is 4.53. The maximum atomic E-state index is 11.3. The smallest absolute Gasteiger partial charge is 0.309 e. The summed E-state index contributed by atoms with van der Waals surface area (Å²) in [5.41, 5.74) is 1.99. The predicted octanol–water partition coefficient (Wildman–Crippen LogP) is 3.53. The minimum atomic E-state index is -0.677. The molecule has 1 saturated heterocycles. The zero-order valence-electron chi connectivity index (χ0n) is 16.9. The average Bonchev–Trinajstić information content (AvgIpc) is 3.08. The van der Waals surface area contributed by atoms with Gasteiger partial charge in [0.2, 0.25) is 5.95 Å². The van der Waals surface area contributed by atoms with E-state index in [0.717, 1.165) is 41.6 Å². The number of nitrogens with zero attached hydrogens (tertiary/aromatic N) is 6. The first kappa shape index (κ1) is 19.4. The number of carbonyl (C=O) groups is 1. The molecular weight excluding hydrogens is 448 g/mol. The third-order valence-electron chi connectivity index (χ3n) is 6.72. The molecule has 1 saturated carbocycles. The molecule has 1 N–H and O–H groups in total. The Hall–Kier alpha value is -2.55. The quantitative estimate of drug-likeness (QED) is 0.608. The van der Waals surface area contributed by atoms with E-state index in [1.807, 2.05) is 23.7 Å². The average molecular weight is 471 g/mol. The maximum Gasteiger partial charge on any atom is 0.309 e. The molecule has 0 radical (unpaired) electrons. The van der Waals surface area contributed by atoms with E-state index >= 15 is 0 Å². The fourth-order valence-corrected chi connectivity index (χ4v) is 4.88. The van der Waals surface area contributed by atoms with Crippen molar-refractivity contribution in [3.8, 4) is 0 Å². The highest BCUT2D eigenvalue weighted by Crippen LogP contribution is 2.51. The standard InChI is InChI=1S/C21H23BrN6O2/c1-12(13-3-5-16(22)6-4-13)28-18-17(25-26-28)9-23-20(24-18)27-10-15(11-27)14-7-21(2,8-14)19(29)30/h3-6,9,12,14-15H,7-8,10-11H2,1-2H3,(H,29,30)/t12-,14?,21?/m1/s1. The van der Waals surface area contributed by atoms with E-state index in [1.54, 1.807) is 6.20 Å². The van der Waals surface area contributed by atoms with E-state index in [-0.39, 0.29) is 6.04 Å². The number of aliphatic carboxylic acids is 1. The van der Waals surface area contributed by atoms with E-state index in [2.05, 4.69) is 55.2 Å². The predicted molar refractivity (Wildman–Crippen MR) is 115 cm³/mol. The van der Waals surface area contributed by atoms with Crippen molar-refractivity contribution in [3.63, 3.8) is 0 Å². The zero-order chi connectivity index (χ0) is 21.0. The number of fused-ring (bicyclic) bond motifs is 1. The normalized spacial score (nSPS) is 25.0. The van der Waals surface area contributed by atoms with Gasteiger partial charge in [0.05, 0.1) is 17.7 Å². The number of hydrogen-bond donors (Lipinski definition) is 1. The molecule has 3 heterocycles. The first-order chi connectivity index (χ1) is 14.3. The van der Waals surface area contributed by atoms with Gasteiger partial charge in [0.25, 0.3) is 0 Å². The van der Waals surface area contributed by atoms with Gasteiger partial charge in [-0.15, -0.1) is 5.10 Å². The minimum Gasteiger partial charge on any atom is -0.481 e. The number of hydrogen-bond acceptors (Lipinski definition) is 6. The van der Waals surface area contributed by atoms with E-state index in [1.165, 1.54) is 0 Å². The Labute approximate surface area is 182 Å². The molecule has 1 aromatic carbocycles. The molecule has 1 atom stereocenters. The van der Waals surface area contributed by atoms with Crippen LogP contribution in [0.5, 0.6) is 0 Å². The first-order valence-corrected chi connectivity index (χ1v) is 10.9. The van der Waals surface area contributed by atoms with Crippen molar-refractivity contribution in [1.29, 1.82) is 0 Å². The number of aromatic nitrogens is 5. The second-order valence-corrected chi connectivity index (χ2v) is 9.76. The molecule has 2 fully saturated rings. The van der Waals surface area contributed by atoms with Crippen molar-refractivity contribution >= 4 is 39.0 Å². The highest BCUT2D eigenvalue weighted by Gasteiger charge is 2.51. The van der Waals surface area contributed by atoms with Crippen molar-refractivity contribution in [3.05, 3.63) is 40.5 Å². The van der Waals surface area contributed by atoms with Crippen LogP contribution in [0.15, 0.2) is 34.9 Å². The first-order valence-electron chi connectivity index (χ1n) is 10.2. The topological polar surface area (TPSA) is 97.0 Å². The number of carboxylic acids is 1. The van der Waals surface area contributed by atoms with Gasteiger partial charge in [-0.05, 0) is 56.2 Å². The van der Waals surface area contributed by atoms with Crippen LogP contribution in [0.4, 0.5) is 5.95 Å². The highest BCUT2D eigenvalue weighted by atomic mass is 79.9. The van der Waals surface area contributed by atoms with E-state index < -0.39 is 11.4 Å². The molecule has 2 aliphatic rings. The minimum absolute atomic E-state index is 0.00124. The Morgan fingerprint density at radius 3 is 2.60 bits per heavy atom. The van der Waals surface area contributed by atoms with Crippen molar-refractivity contribution in [2.75, 3.05) is 18.0 Å². The van der Waals surface area contributed by atoms with Gasteiger partial charge >= 0.3 is 5.97 Å². The van der Waals surface area contributed by atoms with Crippen molar-refractivity contribution in [1.82, 2.24) is 25.0 Å². The number of carboxylic acid groups (broad SMARTS) is 1. The third kappa shape index (κ3) is 3.15. The SMILES string of the molecule is C[C@H](c1ccc(Br)cc1)n1nnc2cnc(N3CC(C4CC(C)(C(=O)O)C4)C3)nc21. The van der Waals surface area contributed by atoms with Gasteiger partial charge in [-0.2, -0.15) is 4.98 Å². The molecule has 0 unspecified atom stereocenters. The Bertz CT molecular complexity index is 1100. The van der Waals surface area contributed by atoms with Crippen LogP contribution in [-0.2, 0) is 4.79 Å². The number of benzene rings is 1. The molecule has 5 rings (SSSR count). The monoisotopic (exact) mass is 470 g/mol. The number of rotatable bonds is 5. The van der Waals surface area contributed by atoms with Crippen LogP contribution in [0.1, 0.15) is 38.3 Å². The molecule has 1 aliphatic heterocycles. The molecule has 8 nitrogen and oxygen atoms in total. The summed E-state index contributed by atoms with van der Waals surface area (Å²) in [6.07, 6.45) is 3.26. The van der Waals surface area contributed by atoms with Crippen molar-refractivity contribution in [2.24, 2.45) is 17.3 Å². The fraction of sp³-hybridized carbons (Fsp3) is 0.476. The van der Waals surface area contributed by atoms with E-state index in [4.69, 9.17) is 4.98 Å². The number of halogens is 1. The Morgan fingerprint density at radius 2 is 1.93 bits per heavy atom. The molecule has 2 aromatic heterocycles. The zero-order valence-corrected chi connectivity index (χ0v) is 18.4. The lowest BCUT2D eigenvalue weighted by Crippen LogP contribution is -2.56. The maximum absolute atomic E-state index is 11.3. The lowest BCUT2D eigenvalue weighted by Gasteiger charge is -2.52. The molecule has 156 valence electrons. The molecule has 0 spiro atoms. The van der Waals surface area contributed by atoms with Gasteiger partial charge in [-0.1, -0.05) is 33.3 Å². The Morgan fingerprint density at radius 1 is 1.23 bits per heavy atom. The van der Waals surface area contributed by atoms with Crippen LogP contribution in [0.2, 0.25) is 0 Å². The van der Waals surface area contributed by atoms with Gasteiger partial charge in [-0.3, -0.25) is 4.79 Å². The molecule has 0 amide bonds. The lowest BCUT2D eigenvalue weighted by molar-refractivity contribution is -0.158.